The molecule has 0 saturated heterocycles. The number of allylic oxidation sites excluding steroid dienone is 1. The highest BCUT2D eigenvalue weighted by Crippen LogP contribution is 2.40. The van der Waals surface area contributed by atoms with Crippen LogP contribution in [0.2, 0.25) is 0 Å². The van der Waals surface area contributed by atoms with Gasteiger partial charge in [0.2, 0.25) is 5.76 Å². The van der Waals surface area contributed by atoms with Crippen LogP contribution in [0.5, 0.6) is 0 Å². The molecule has 122 valence electrons. The summed E-state index contributed by atoms with van der Waals surface area (Å²) in [4.78, 5) is 24.4. The number of hydrogen-bond acceptors (Lipinski definition) is 4. The summed E-state index contributed by atoms with van der Waals surface area (Å²) in [7, 11) is 1.26. The standard InChI is InChI=1S/C19H15BrO4/c1-23-18(21)16-11-15(13-8-5-9-14(20)10-13)17(19(22)24-16)12-6-3-2-4-7-12/h2-11,15,17H,1H3/t15-,17+/m1/s1. The second-order valence-corrected chi connectivity index (χ2v) is 6.33. The van der Waals surface area contributed by atoms with Crippen LogP contribution in [-0.2, 0) is 19.1 Å². The monoisotopic (exact) mass is 386 g/mol. The highest BCUT2D eigenvalue weighted by atomic mass is 79.9. The molecule has 0 unspecified atom stereocenters. The highest BCUT2D eigenvalue weighted by Gasteiger charge is 2.38. The van der Waals surface area contributed by atoms with Crippen LogP contribution < -0.4 is 0 Å². The second kappa shape index (κ2) is 7.01. The molecule has 0 fully saturated rings. The van der Waals surface area contributed by atoms with Gasteiger partial charge >= 0.3 is 11.9 Å². The van der Waals surface area contributed by atoms with Gasteiger partial charge in [-0.2, -0.15) is 0 Å². The Kier molecular flexibility index (Phi) is 4.81. The summed E-state index contributed by atoms with van der Waals surface area (Å²) in [5.41, 5.74) is 1.75. The van der Waals surface area contributed by atoms with Crippen molar-refractivity contribution in [3.63, 3.8) is 0 Å². The first-order valence-corrected chi connectivity index (χ1v) is 8.21. The van der Waals surface area contributed by atoms with Gasteiger partial charge in [0.25, 0.3) is 0 Å². The van der Waals surface area contributed by atoms with Crippen molar-refractivity contribution in [2.24, 2.45) is 0 Å². The van der Waals surface area contributed by atoms with Crippen molar-refractivity contribution >= 4 is 27.9 Å². The lowest BCUT2D eigenvalue weighted by atomic mass is 9.80. The third kappa shape index (κ3) is 3.26. The minimum Gasteiger partial charge on any atom is -0.463 e. The Morgan fingerprint density at radius 1 is 1.08 bits per heavy atom. The number of rotatable bonds is 3. The van der Waals surface area contributed by atoms with Gasteiger partial charge in [-0.1, -0.05) is 58.4 Å². The van der Waals surface area contributed by atoms with Gasteiger partial charge in [-0.15, -0.1) is 0 Å². The zero-order valence-electron chi connectivity index (χ0n) is 12.9. The summed E-state index contributed by atoms with van der Waals surface area (Å²) in [6.07, 6.45) is 1.66. The molecule has 0 bridgehead atoms. The molecule has 0 N–H and O–H groups in total. The molecule has 1 heterocycles. The van der Waals surface area contributed by atoms with E-state index in [4.69, 9.17) is 9.47 Å². The molecule has 24 heavy (non-hydrogen) atoms. The number of hydrogen-bond donors (Lipinski definition) is 0. The van der Waals surface area contributed by atoms with E-state index in [9.17, 15) is 9.59 Å². The van der Waals surface area contributed by atoms with Gasteiger partial charge in [-0.25, -0.2) is 4.79 Å². The molecule has 1 aliphatic rings. The Hall–Kier alpha value is -2.40. The number of carbonyl (C=O) groups is 2. The van der Waals surface area contributed by atoms with Crippen LogP contribution in [-0.4, -0.2) is 19.0 Å². The predicted molar refractivity (Wildman–Crippen MR) is 92.3 cm³/mol. The maximum absolute atomic E-state index is 12.6. The normalized spacial score (nSPS) is 20.1. The summed E-state index contributed by atoms with van der Waals surface area (Å²) in [5, 5.41) is 0. The fourth-order valence-corrected chi connectivity index (χ4v) is 3.25. The van der Waals surface area contributed by atoms with Crippen molar-refractivity contribution in [3.8, 4) is 0 Å². The molecule has 3 rings (SSSR count). The van der Waals surface area contributed by atoms with Gasteiger partial charge in [0.05, 0.1) is 13.0 Å². The minimum atomic E-state index is -0.658. The van der Waals surface area contributed by atoms with Gasteiger partial charge in [-0.05, 0) is 29.3 Å². The molecule has 2 aromatic rings. The maximum atomic E-state index is 12.6. The Bertz CT molecular complexity index is 798. The molecule has 2 aromatic carbocycles. The molecule has 4 nitrogen and oxygen atoms in total. The zero-order chi connectivity index (χ0) is 17.1. The van der Waals surface area contributed by atoms with Gasteiger partial charge in [0, 0.05) is 10.4 Å². The number of ether oxygens (including phenoxy) is 2. The Morgan fingerprint density at radius 3 is 2.46 bits per heavy atom. The van der Waals surface area contributed by atoms with Crippen LogP contribution in [0, 0.1) is 0 Å². The lowest BCUT2D eigenvalue weighted by Crippen LogP contribution is -2.29. The smallest absolute Gasteiger partial charge is 0.373 e. The Morgan fingerprint density at radius 2 is 1.79 bits per heavy atom. The third-order valence-electron chi connectivity index (χ3n) is 3.93. The number of methoxy groups -OCH3 is 1. The van der Waals surface area contributed by atoms with E-state index in [0.29, 0.717) is 0 Å². The fraction of sp³-hybridized carbons (Fsp3) is 0.158. The predicted octanol–water partition coefficient (Wildman–Crippen LogP) is 3.93. The summed E-state index contributed by atoms with van der Waals surface area (Å²) < 4.78 is 10.8. The molecule has 0 saturated carbocycles. The molecule has 0 amide bonds. The number of carbonyl (C=O) groups excluding carboxylic acids is 2. The quantitative estimate of drug-likeness (QED) is 0.749. The van der Waals surface area contributed by atoms with Crippen molar-refractivity contribution < 1.29 is 19.1 Å². The number of cyclic esters (lactones) is 1. The van der Waals surface area contributed by atoms with Crippen LogP contribution in [0.1, 0.15) is 23.0 Å². The van der Waals surface area contributed by atoms with Gasteiger partial charge in [0.1, 0.15) is 0 Å². The summed E-state index contributed by atoms with van der Waals surface area (Å²) in [6.45, 7) is 0. The van der Waals surface area contributed by atoms with Crippen LogP contribution in [0.25, 0.3) is 0 Å². The molecule has 2 atom stereocenters. The lowest BCUT2D eigenvalue weighted by Gasteiger charge is -2.28. The van der Waals surface area contributed by atoms with E-state index in [1.54, 1.807) is 6.08 Å². The molecule has 5 heteroatoms. The molecule has 0 aliphatic carbocycles. The van der Waals surface area contributed by atoms with E-state index in [1.807, 2.05) is 54.6 Å². The molecule has 0 spiro atoms. The van der Waals surface area contributed by atoms with Crippen LogP contribution in [0.15, 0.2) is 70.9 Å². The van der Waals surface area contributed by atoms with Crippen LogP contribution in [0.4, 0.5) is 0 Å². The van der Waals surface area contributed by atoms with Crippen molar-refractivity contribution in [1.29, 1.82) is 0 Å². The summed E-state index contributed by atoms with van der Waals surface area (Å²) >= 11 is 3.45. The largest absolute Gasteiger partial charge is 0.463 e. The number of esters is 2. The van der Waals surface area contributed by atoms with Gasteiger partial charge < -0.3 is 9.47 Å². The molecule has 0 radical (unpaired) electrons. The molecule has 1 aliphatic heterocycles. The summed E-state index contributed by atoms with van der Waals surface area (Å²) in [5.74, 6) is -2.03. The fourth-order valence-electron chi connectivity index (χ4n) is 2.83. The van der Waals surface area contributed by atoms with E-state index in [2.05, 4.69) is 15.9 Å². The number of halogens is 1. The zero-order valence-corrected chi connectivity index (χ0v) is 14.5. The molecular formula is C19H15BrO4. The maximum Gasteiger partial charge on any atom is 0.373 e. The minimum absolute atomic E-state index is 0.0698. The first kappa shape index (κ1) is 16.5. The Balaban J connectivity index is 2.11. The highest BCUT2D eigenvalue weighted by molar-refractivity contribution is 9.10. The Labute approximate surface area is 148 Å². The third-order valence-corrected chi connectivity index (χ3v) is 4.43. The average molecular weight is 387 g/mol. The SMILES string of the molecule is COC(=O)C1=C[C@H](c2cccc(Br)c2)[C@H](c2ccccc2)C(=O)O1. The summed E-state index contributed by atoms with van der Waals surface area (Å²) in [6, 6.07) is 17.1. The van der Waals surface area contributed by atoms with E-state index >= 15 is 0 Å². The first-order chi connectivity index (χ1) is 11.6. The second-order valence-electron chi connectivity index (χ2n) is 5.41. The first-order valence-electron chi connectivity index (χ1n) is 7.42. The van der Waals surface area contributed by atoms with Crippen LogP contribution in [0.3, 0.4) is 0 Å². The number of benzene rings is 2. The van der Waals surface area contributed by atoms with E-state index < -0.39 is 17.9 Å². The van der Waals surface area contributed by atoms with Gasteiger partial charge in [-0.3, -0.25) is 4.79 Å². The van der Waals surface area contributed by atoms with Crippen molar-refractivity contribution in [2.45, 2.75) is 11.8 Å². The van der Waals surface area contributed by atoms with Crippen LogP contribution >= 0.6 is 15.9 Å². The lowest BCUT2D eigenvalue weighted by molar-refractivity contribution is -0.152. The molecule has 0 aromatic heterocycles. The van der Waals surface area contributed by atoms with E-state index in [-0.39, 0.29) is 11.7 Å². The van der Waals surface area contributed by atoms with Crippen molar-refractivity contribution in [3.05, 3.63) is 82.0 Å². The van der Waals surface area contributed by atoms with E-state index in [0.717, 1.165) is 15.6 Å². The topological polar surface area (TPSA) is 52.6 Å². The van der Waals surface area contributed by atoms with Gasteiger partial charge in [0.15, 0.2) is 0 Å². The van der Waals surface area contributed by atoms with Crippen molar-refractivity contribution in [1.82, 2.24) is 0 Å². The average Bonchev–Trinajstić information content (AvgIpc) is 2.61. The van der Waals surface area contributed by atoms with E-state index in [1.165, 1.54) is 7.11 Å². The molecular weight excluding hydrogens is 372 g/mol. The van der Waals surface area contributed by atoms with Crippen molar-refractivity contribution in [2.75, 3.05) is 7.11 Å².